The molecule has 0 aliphatic carbocycles. The van der Waals surface area contributed by atoms with Crippen molar-refractivity contribution >= 4 is 40.0 Å². The number of para-hydroxylation sites is 1. The van der Waals surface area contributed by atoms with Crippen molar-refractivity contribution < 1.29 is 9.53 Å². The SMILES string of the molecule is CCCC(=O)c1c(Cl)c2cccc(OCCSC)c2[nH]c1=O. The number of fused-ring (bicyclic) bond motifs is 1. The second kappa shape index (κ2) is 7.70. The molecule has 0 radical (unpaired) electrons. The summed E-state index contributed by atoms with van der Waals surface area (Å²) in [5, 5.41) is 0.829. The summed E-state index contributed by atoms with van der Waals surface area (Å²) < 4.78 is 5.68. The third kappa shape index (κ3) is 3.47. The number of hydrogen-bond acceptors (Lipinski definition) is 4. The van der Waals surface area contributed by atoms with Crippen LogP contribution in [0.3, 0.4) is 0 Å². The Kier molecular flexibility index (Phi) is 5.91. The van der Waals surface area contributed by atoms with Gasteiger partial charge in [-0.2, -0.15) is 11.8 Å². The minimum atomic E-state index is -0.461. The number of rotatable bonds is 7. The molecule has 0 saturated carbocycles. The Morgan fingerprint density at radius 2 is 2.18 bits per heavy atom. The minimum Gasteiger partial charge on any atom is -0.491 e. The summed E-state index contributed by atoms with van der Waals surface area (Å²) in [6.07, 6.45) is 2.97. The van der Waals surface area contributed by atoms with Crippen LogP contribution in [0.15, 0.2) is 23.0 Å². The maximum absolute atomic E-state index is 12.2. The number of carbonyl (C=O) groups excluding carboxylic acids is 1. The van der Waals surface area contributed by atoms with Crippen LogP contribution in [0.4, 0.5) is 0 Å². The lowest BCUT2D eigenvalue weighted by atomic mass is 10.1. The van der Waals surface area contributed by atoms with Gasteiger partial charge in [0.25, 0.3) is 5.56 Å². The molecule has 4 nitrogen and oxygen atoms in total. The lowest BCUT2D eigenvalue weighted by Gasteiger charge is -2.11. The number of Topliss-reactive ketones (excluding diaryl/α,β-unsaturated/α-hetero) is 1. The molecular weight excluding hydrogens is 322 g/mol. The van der Waals surface area contributed by atoms with Gasteiger partial charge in [0.2, 0.25) is 0 Å². The van der Waals surface area contributed by atoms with Crippen LogP contribution in [-0.2, 0) is 0 Å². The van der Waals surface area contributed by atoms with Crippen LogP contribution in [0, 0.1) is 0 Å². The van der Waals surface area contributed by atoms with E-state index in [1.807, 2.05) is 13.2 Å². The highest BCUT2D eigenvalue weighted by molar-refractivity contribution is 7.98. The zero-order chi connectivity index (χ0) is 16.1. The van der Waals surface area contributed by atoms with Gasteiger partial charge in [-0.15, -0.1) is 0 Å². The molecule has 1 aromatic heterocycles. The minimum absolute atomic E-state index is 0.0391. The third-order valence-corrected chi connectivity index (χ3v) is 4.22. The number of H-pyrrole nitrogens is 1. The lowest BCUT2D eigenvalue weighted by molar-refractivity contribution is 0.0980. The molecule has 0 aliphatic rings. The smallest absolute Gasteiger partial charge is 0.260 e. The van der Waals surface area contributed by atoms with Crippen LogP contribution in [0.5, 0.6) is 5.75 Å². The van der Waals surface area contributed by atoms with Crippen LogP contribution in [-0.4, -0.2) is 29.4 Å². The van der Waals surface area contributed by atoms with E-state index in [4.69, 9.17) is 16.3 Å². The largest absolute Gasteiger partial charge is 0.491 e. The van der Waals surface area contributed by atoms with E-state index < -0.39 is 5.56 Å². The first-order valence-electron chi connectivity index (χ1n) is 7.09. The molecule has 0 bridgehead atoms. The highest BCUT2D eigenvalue weighted by Gasteiger charge is 2.18. The first-order valence-corrected chi connectivity index (χ1v) is 8.86. The van der Waals surface area contributed by atoms with Gasteiger partial charge < -0.3 is 9.72 Å². The van der Waals surface area contributed by atoms with Crippen LogP contribution >= 0.6 is 23.4 Å². The van der Waals surface area contributed by atoms with Crippen LogP contribution in [0.2, 0.25) is 5.02 Å². The first-order chi connectivity index (χ1) is 10.6. The van der Waals surface area contributed by atoms with Crippen molar-refractivity contribution in [3.05, 3.63) is 39.1 Å². The molecule has 0 atom stereocenters. The van der Waals surface area contributed by atoms with Gasteiger partial charge in [-0.25, -0.2) is 0 Å². The number of pyridine rings is 1. The number of carbonyl (C=O) groups is 1. The summed E-state index contributed by atoms with van der Waals surface area (Å²) in [7, 11) is 0. The van der Waals surface area contributed by atoms with E-state index in [0.717, 1.165) is 5.75 Å². The van der Waals surface area contributed by atoms with E-state index in [-0.39, 0.29) is 16.4 Å². The van der Waals surface area contributed by atoms with Gasteiger partial charge in [0.05, 0.1) is 17.1 Å². The lowest BCUT2D eigenvalue weighted by Crippen LogP contribution is -2.19. The molecule has 0 unspecified atom stereocenters. The van der Waals surface area contributed by atoms with E-state index in [2.05, 4.69) is 4.98 Å². The number of thioether (sulfide) groups is 1. The molecule has 2 rings (SSSR count). The fourth-order valence-electron chi connectivity index (χ4n) is 2.21. The Balaban J connectivity index is 2.53. The highest BCUT2D eigenvalue weighted by atomic mass is 35.5. The van der Waals surface area contributed by atoms with Crippen molar-refractivity contribution in [3.63, 3.8) is 0 Å². The van der Waals surface area contributed by atoms with Gasteiger partial charge in [0, 0.05) is 17.6 Å². The monoisotopic (exact) mass is 339 g/mol. The van der Waals surface area contributed by atoms with Crippen molar-refractivity contribution in [2.75, 3.05) is 18.6 Å². The standard InChI is InChI=1S/C16H18ClNO3S/c1-3-5-11(19)13-14(17)10-6-4-7-12(21-8-9-22-2)15(10)18-16(13)20/h4,6-7H,3,5,8-9H2,1-2H3,(H,18,20). The molecule has 1 N–H and O–H groups in total. The van der Waals surface area contributed by atoms with Gasteiger partial charge in [-0.3, -0.25) is 9.59 Å². The zero-order valence-electron chi connectivity index (χ0n) is 12.6. The summed E-state index contributed by atoms with van der Waals surface area (Å²) >= 11 is 7.99. The zero-order valence-corrected chi connectivity index (χ0v) is 14.1. The normalized spacial score (nSPS) is 10.9. The second-order valence-electron chi connectivity index (χ2n) is 4.84. The maximum atomic E-state index is 12.2. The van der Waals surface area contributed by atoms with E-state index in [9.17, 15) is 9.59 Å². The van der Waals surface area contributed by atoms with Crippen molar-refractivity contribution in [2.24, 2.45) is 0 Å². The number of benzene rings is 1. The van der Waals surface area contributed by atoms with Crippen molar-refractivity contribution in [1.82, 2.24) is 4.98 Å². The molecule has 0 fully saturated rings. The maximum Gasteiger partial charge on any atom is 0.260 e. The van der Waals surface area contributed by atoms with Crippen molar-refractivity contribution in [1.29, 1.82) is 0 Å². The van der Waals surface area contributed by atoms with Crippen LogP contribution in [0.25, 0.3) is 10.9 Å². The Bertz CT molecular complexity index is 742. The summed E-state index contributed by atoms with van der Waals surface area (Å²) in [4.78, 5) is 27.1. The van der Waals surface area contributed by atoms with Gasteiger partial charge in [-0.05, 0) is 18.7 Å². The van der Waals surface area contributed by atoms with E-state index in [1.165, 1.54) is 0 Å². The third-order valence-electron chi connectivity index (χ3n) is 3.25. The van der Waals surface area contributed by atoms with E-state index >= 15 is 0 Å². The fourth-order valence-corrected chi connectivity index (χ4v) is 2.81. The quantitative estimate of drug-likeness (QED) is 0.613. The molecule has 6 heteroatoms. The van der Waals surface area contributed by atoms with Gasteiger partial charge in [0.1, 0.15) is 11.3 Å². The number of ketones is 1. The summed E-state index contributed by atoms with van der Waals surface area (Å²) in [6, 6.07) is 5.36. The molecule has 0 amide bonds. The Morgan fingerprint density at radius 3 is 2.86 bits per heavy atom. The van der Waals surface area contributed by atoms with E-state index in [1.54, 1.807) is 30.0 Å². The molecule has 0 spiro atoms. The number of hydrogen-bond donors (Lipinski definition) is 1. The molecular formula is C16H18ClNO3S. The van der Waals surface area contributed by atoms with Crippen LogP contribution < -0.4 is 10.3 Å². The van der Waals surface area contributed by atoms with Crippen molar-refractivity contribution in [2.45, 2.75) is 19.8 Å². The van der Waals surface area contributed by atoms with Gasteiger partial charge in [-0.1, -0.05) is 30.7 Å². The predicted octanol–water partition coefficient (Wildman–Crippen LogP) is 3.91. The predicted molar refractivity (Wildman–Crippen MR) is 92.7 cm³/mol. The molecule has 118 valence electrons. The van der Waals surface area contributed by atoms with Gasteiger partial charge in [0.15, 0.2) is 5.78 Å². The molecule has 1 heterocycles. The second-order valence-corrected chi connectivity index (χ2v) is 6.20. The number of aromatic amines is 1. The van der Waals surface area contributed by atoms with Crippen LogP contribution in [0.1, 0.15) is 30.1 Å². The first kappa shape index (κ1) is 16.9. The number of aromatic nitrogens is 1. The van der Waals surface area contributed by atoms with E-state index in [0.29, 0.717) is 36.1 Å². The summed E-state index contributed by atoms with van der Waals surface area (Å²) in [6.45, 7) is 2.43. The summed E-state index contributed by atoms with van der Waals surface area (Å²) in [5.41, 5.74) is 0.112. The Labute approximate surface area is 138 Å². The average Bonchev–Trinajstić information content (AvgIpc) is 2.48. The molecule has 0 saturated heterocycles. The Hall–Kier alpha value is -1.46. The average molecular weight is 340 g/mol. The van der Waals surface area contributed by atoms with Gasteiger partial charge >= 0.3 is 0 Å². The number of ether oxygens (including phenoxy) is 1. The topological polar surface area (TPSA) is 59.2 Å². The molecule has 2 aromatic rings. The molecule has 1 aromatic carbocycles. The highest BCUT2D eigenvalue weighted by Crippen LogP contribution is 2.30. The number of nitrogens with one attached hydrogen (secondary N) is 1. The van der Waals surface area contributed by atoms with Crippen molar-refractivity contribution in [3.8, 4) is 5.75 Å². The Morgan fingerprint density at radius 1 is 1.41 bits per heavy atom. The molecule has 22 heavy (non-hydrogen) atoms. The molecule has 0 aliphatic heterocycles. The summed E-state index contributed by atoms with van der Waals surface area (Å²) in [5.74, 6) is 1.19. The fraction of sp³-hybridized carbons (Fsp3) is 0.375. The number of halogens is 1.